The number of hydrogen-bond donors (Lipinski definition) is 3. The first-order valence-corrected chi connectivity index (χ1v) is 12.7. The summed E-state index contributed by atoms with van der Waals surface area (Å²) in [4.78, 5) is 30.5. The second kappa shape index (κ2) is 9.31. The second-order valence-electron chi connectivity index (χ2n) is 7.22. The fraction of sp³-hybridized carbons (Fsp3) is 0.250. The highest BCUT2D eigenvalue weighted by Gasteiger charge is 2.34. The molecule has 3 amide bonds. The molecule has 0 fully saturated rings. The van der Waals surface area contributed by atoms with Crippen LogP contribution in [0.4, 0.5) is 26.4 Å². The van der Waals surface area contributed by atoms with Gasteiger partial charge in [-0.1, -0.05) is 17.8 Å². The van der Waals surface area contributed by atoms with Gasteiger partial charge in [0.25, 0.3) is 15.9 Å². The molecule has 0 spiro atoms. The summed E-state index contributed by atoms with van der Waals surface area (Å²) in [6.07, 6.45) is 2.40. The van der Waals surface area contributed by atoms with E-state index >= 15 is 0 Å². The van der Waals surface area contributed by atoms with E-state index in [0.717, 1.165) is 17.8 Å². The number of urea groups is 1. The highest BCUT2D eigenvalue weighted by atomic mass is 35.5. The first kappa shape index (κ1) is 24.1. The van der Waals surface area contributed by atoms with Gasteiger partial charge in [-0.3, -0.25) is 15.0 Å². The van der Waals surface area contributed by atoms with Gasteiger partial charge in [-0.25, -0.2) is 27.3 Å². The van der Waals surface area contributed by atoms with Crippen molar-refractivity contribution in [2.45, 2.75) is 24.3 Å². The molecular formula is C20H19ClFN5O5S2. The lowest BCUT2D eigenvalue weighted by Crippen LogP contribution is -2.46. The Labute approximate surface area is 203 Å². The molecule has 34 heavy (non-hydrogen) atoms. The summed E-state index contributed by atoms with van der Waals surface area (Å²) in [6, 6.07) is 4.39. The summed E-state index contributed by atoms with van der Waals surface area (Å²) in [5.41, 5.74) is 0.593. The molecule has 180 valence electrons. The van der Waals surface area contributed by atoms with Crippen molar-refractivity contribution in [3.8, 4) is 5.75 Å². The molecule has 2 atom stereocenters. The third kappa shape index (κ3) is 4.76. The zero-order chi connectivity index (χ0) is 24.6. The summed E-state index contributed by atoms with van der Waals surface area (Å²) in [7, 11) is -2.49. The van der Waals surface area contributed by atoms with Crippen molar-refractivity contribution in [1.29, 1.82) is 0 Å². The van der Waals surface area contributed by atoms with Crippen LogP contribution >= 0.6 is 23.4 Å². The van der Waals surface area contributed by atoms with E-state index in [9.17, 15) is 22.4 Å². The standard InChI is InChI=1S/C20H19ClFN5O5S2/c1-10-27(19(28)12-7-13(22)14(23-2)8-15(12)32-10)11-3-5-17(24-9-11)25-20(29)26-34(30,31)18-6-4-16(21)33-18/h3,5-10,16,23H,4H2,1-2H3,(H2,24,25,26,29). The van der Waals surface area contributed by atoms with Crippen LogP contribution in [0.25, 0.3) is 0 Å². The lowest BCUT2D eigenvalue weighted by atomic mass is 10.1. The molecule has 2 unspecified atom stereocenters. The van der Waals surface area contributed by atoms with E-state index in [-0.39, 0.29) is 27.1 Å². The lowest BCUT2D eigenvalue weighted by molar-refractivity contribution is 0.0876. The van der Waals surface area contributed by atoms with Gasteiger partial charge < -0.3 is 10.1 Å². The molecule has 0 saturated heterocycles. The van der Waals surface area contributed by atoms with E-state index in [0.29, 0.717) is 12.1 Å². The lowest BCUT2D eigenvalue weighted by Gasteiger charge is -2.34. The topological polar surface area (TPSA) is 130 Å². The number of alkyl halides is 1. The van der Waals surface area contributed by atoms with Crippen LogP contribution in [-0.4, -0.2) is 43.3 Å². The normalized spacial score (nSPS) is 19.7. The van der Waals surface area contributed by atoms with Crippen molar-refractivity contribution in [3.05, 3.63) is 52.2 Å². The Kier molecular flexibility index (Phi) is 6.60. The molecular weight excluding hydrogens is 509 g/mol. The molecule has 0 aliphatic carbocycles. The molecule has 2 aromatic rings. The number of ether oxygens (including phenoxy) is 1. The number of aromatic nitrogens is 1. The fourth-order valence-electron chi connectivity index (χ4n) is 3.37. The third-order valence-corrected chi connectivity index (χ3v) is 8.31. The van der Waals surface area contributed by atoms with Gasteiger partial charge in [0.1, 0.15) is 21.6 Å². The number of nitrogens with zero attached hydrogens (tertiary/aromatic N) is 2. The number of nitrogens with one attached hydrogen (secondary N) is 3. The number of carbonyl (C=O) groups is 2. The maximum atomic E-state index is 14.2. The maximum absolute atomic E-state index is 14.2. The van der Waals surface area contributed by atoms with Gasteiger partial charge in [0.2, 0.25) is 0 Å². The number of thioether (sulfide) groups is 1. The van der Waals surface area contributed by atoms with Crippen molar-refractivity contribution >= 4 is 62.5 Å². The van der Waals surface area contributed by atoms with Crippen LogP contribution in [-0.2, 0) is 10.0 Å². The average Bonchev–Trinajstić information content (AvgIpc) is 3.22. The largest absolute Gasteiger partial charge is 0.469 e. The fourth-order valence-corrected chi connectivity index (χ4v) is 6.23. The molecule has 2 aliphatic heterocycles. The summed E-state index contributed by atoms with van der Waals surface area (Å²) < 4.78 is 45.9. The first-order chi connectivity index (χ1) is 16.1. The zero-order valence-corrected chi connectivity index (χ0v) is 20.2. The molecule has 10 nitrogen and oxygen atoms in total. The molecule has 0 radical (unpaired) electrons. The van der Waals surface area contributed by atoms with Gasteiger partial charge in [0.15, 0.2) is 6.23 Å². The Bertz CT molecular complexity index is 1290. The number of benzene rings is 1. The Balaban J connectivity index is 1.47. The van der Waals surface area contributed by atoms with E-state index in [4.69, 9.17) is 16.3 Å². The minimum atomic E-state index is -4.04. The summed E-state index contributed by atoms with van der Waals surface area (Å²) >= 11 is 6.82. The van der Waals surface area contributed by atoms with Crippen molar-refractivity contribution in [2.24, 2.45) is 0 Å². The van der Waals surface area contributed by atoms with Crippen LogP contribution in [0.1, 0.15) is 23.7 Å². The van der Waals surface area contributed by atoms with Crippen LogP contribution in [0.3, 0.4) is 0 Å². The summed E-state index contributed by atoms with van der Waals surface area (Å²) in [6.45, 7) is 1.65. The van der Waals surface area contributed by atoms with Crippen molar-refractivity contribution in [3.63, 3.8) is 0 Å². The Morgan fingerprint density at radius 3 is 2.74 bits per heavy atom. The molecule has 3 heterocycles. The predicted octanol–water partition coefficient (Wildman–Crippen LogP) is 3.64. The Hall–Kier alpha value is -3.03. The van der Waals surface area contributed by atoms with Crippen LogP contribution in [0.2, 0.25) is 0 Å². The third-order valence-electron chi connectivity index (χ3n) is 4.92. The minimum absolute atomic E-state index is 0.0258. The number of carbonyl (C=O) groups excluding carboxylic acids is 2. The predicted molar refractivity (Wildman–Crippen MR) is 128 cm³/mol. The monoisotopic (exact) mass is 527 g/mol. The highest BCUT2D eigenvalue weighted by molar-refractivity contribution is 8.19. The zero-order valence-electron chi connectivity index (χ0n) is 17.8. The minimum Gasteiger partial charge on any atom is -0.469 e. The van der Waals surface area contributed by atoms with Crippen molar-refractivity contribution in [2.75, 3.05) is 22.6 Å². The quantitative estimate of drug-likeness (QED) is 0.502. The Morgan fingerprint density at radius 2 is 2.12 bits per heavy atom. The van der Waals surface area contributed by atoms with Crippen LogP contribution < -0.4 is 25.0 Å². The molecule has 0 bridgehead atoms. The van der Waals surface area contributed by atoms with Gasteiger partial charge >= 0.3 is 6.03 Å². The molecule has 2 aliphatic rings. The highest BCUT2D eigenvalue weighted by Crippen LogP contribution is 2.37. The number of sulfonamides is 1. The SMILES string of the molecule is CNc1cc2c(cc1F)C(=O)N(c1ccc(NC(=O)NS(=O)(=O)C3=CCC(Cl)S3)nc1)C(C)O2. The van der Waals surface area contributed by atoms with Gasteiger partial charge in [-0.2, -0.15) is 0 Å². The second-order valence-corrected chi connectivity index (χ2v) is 11.2. The number of hydrogen-bond acceptors (Lipinski definition) is 8. The van der Waals surface area contributed by atoms with Crippen LogP contribution in [0.5, 0.6) is 5.75 Å². The van der Waals surface area contributed by atoms with E-state index in [1.165, 1.54) is 35.4 Å². The number of fused-ring (bicyclic) bond motifs is 1. The van der Waals surface area contributed by atoms with Gasteiger partial charge in [-0.05, 0) is 31.5 Å². The maximum Gasteiger partial charge on any atom is 0.334 e. The number of pyridine rings is 1. The molecule has 1 aromatic heterocycles. The summed E-state index contributed by atoms with van der Waals surface area (Å²) in [5, 5.41) is 5.01. The smallest absolute Gasteiger partial charge is 0.334 e. The number of anilines is 3. The molecule has 0 saturated carbocycles. The molecule has 1 aromatic carbocycles. The average molecular weight is 528 g/mol. The van der Waals surface area contributed by atoms with E-state index < -0.39 is 38.7 Å². The van der Waals surface area contributed by atoms with E-state index in [1.807, 2.05) is 4.72 Å². The molecule has 3 N–H and O–H groups in total. The van der Waals surface area contributed by atoms with Crippen LogP contribution in [0, 0.1) is 5.82 Å². The first-order valence-electron chi connectivity index (χ1n) is 9.91. The van der Waals surface area contributed by atoms with Gasteiger partial charge in [0, 0.05) is 13.1 Å². The molecule has 4 rings (SSSR count). The number of halogens is 2. The van der Waals surface area contributed by atoms with Gasteiger partial charge in [0.05, 0.1) is 27.8 Å². The van der Waals surface area contributed by atoms with Crippen LogP contribution in [0.15, 0.2) is 40.8 Å². The number of amides is 3. The van der Waals surface area contributed by atoms with Crippen molar-refractivity contribution < 1.29 is 27.1 Å². The summed E-state index contributed by atoms with van der Waals surface area (Å²) in [5.74, 6) is -0.788. The van der Waals surface area contributed by atoms with Gasteiger partial charge in [-0.15, -0.1) is 11.6 Å². The molecule has 14 heteroatoms. The van der Waals surface area contributed by atoms with E-state index in [1.54, 1.807) is 14.0 Å². The van der Waals surface area contributed by atoms with Crippen molar-refractivity contribution in [1.82, 2.24) is 9.71 Å². The number of rotatable bonds is 5. The Morgan fingerprint density at radius 1 is 1.35 bits per heavy atom. The number of allylic oxidation sites excluding steroid dienone is 1. The van der Waals surface area contributed by atoms with E-state index in [2.05, 4.69) is 15.6 Å².